The summed E-state index contributed by atoms with van der Waals surface area (Å²) in [5.41, 5.74) is 2.67. The molecule has 1 N–H and O–H groups in total. The van der Waals surface area contributed by atoms with Crippen LogP contribution >= 0.6 is 11.3 Å². The molecule has 0 aliphatic carbocycles. The Kier molecular flexibility index (Phi) is 5.89. The molecule has 0 aliphatic heterocycles. The average Bonchev–Trinajstić information content (AvgIpc) is 3.49. The van der Waals surface area contributed by atoms with Crippen molar-refractivity contribution in [2.45, 2.75) is 20.4 Å². The Morgan fingerprint density at radius 1 is 1.19 bits per heavy atom. The molecule has 0 radical (unpaired) electrons. The number of amides is 1. The van der Waals surface area contributed by atoms with Gasteiger partial charge < -0.3 is 14.5 Å². The van der Waals surface area contributed by atoms with E-state index in [1.54, 1.807) is 24.4 Å². The summed E-state index contributed by atoms with van der Waals surface area (Å²) in [6.45, 7) is 3.73. The first kappa shape index (κ1) is 20.5. The first-order chi connectivity index (χ1) is 15.1. The molecular formula is C21H19N5O4S. The van der Waals surface area contributed by atoms with Gasteiger partial charge in [-0.1, -0.05) is 24.3 Å². The summed E-state index contributed by atoms with van der Waals surface area (Å²) in [5.74, 6) is 0.0215. The number of thiophene rings is 1. The minimum absolute atomic E-state index is 0.158. The number of aromatic nitrogens is 4. The summed E-state index contributed by atoms with van der Waals surface area (Å²) in [7, 11) is 0. The van der Waals surface area contributed by atoms with Crippen molar-refractivity contribution in [1.29, 1.82) is 0 Å². The Balaban J connectivity index is 1.53. The van der Waals surface area contributed by atoms with E-state index in [9.17, 15) is 9.59 Å². The minimum atomic E-state index is -0.536. The number of benzene rings is 1. The topological polar surface area (TPSA) is 112 Å². The summed E-state index contributed by atoms with van der Waals surface area (Å²) >= 11 is 1.21. The molecule has 31 heavy (non-hydrogen) atoms. The fraction of sp³-hybridized carbons (Fsp3) is 0.190. The highest BCUT2D eigenvalue weighted by atomic mass is 32.1. The molecule has 1 aromatic carbocycles. The monoisotopic (exact) mass is 437 g/mol. The highest BCUT2D eigenvalue weighted by Gasteiger charge is 2.24. The third-order valence-corrected chi connectivity index (χ3v) is 5.33. The molecule has 1 amide bonds. The second-order valence-corrected chi connectivity index (χ2v) is 7.44. The largest absolute Gasteiger partial charge is 0.464 e. The predicted molar refractivity (Wildman–Crippen MR) is 115 cm³/mol. The molecule has 0 unspecified atom stereocenters. The van der Waals surface area contributed by atoms with E-state index >= 15 is 0 Å². The van der Waals surface area contributed by atoms with Crippen LogP contribution in [0.3, 0.4) is 0 Å². The number of carbonyl (C=O) groups excluding carboxylic acids is 2. The molecule has 10 heteroatoms. The number of rotatable bonds is 7. The van der Waals surface area contributed by atoms with Crippen LogP contribution in [-0.4, -0.2) is 38.7 Å². The smallest absolute Gasteiger partial charge is 0.341 e. The highest BCUT2D eigenvalue weighted by Crippen LogP contribution is 2.36. The summed E-state index contributed by atoms with van der Waals surface area (Å²) in [4.78, 5) is 26.4. The van der Waals surface area contributed by atoms with E-state index in [1.807, 2.05) is 31.2 Å². The second-order valence-electron chi connectivity index (χ2n) is 6.56. The Labute approximate surface area is 181 Å². The van der Waals surface area contributed by atoms with E-state index in [-0.39, 0.29) is 18.7 Å². The molecule has 0 spiro atoms. The molecule has 4 aromatic rings. The molecule has 0 saturated heterocycles. The van der Waals surface area contributed by atoms with Crippen molar-refractivity contribution in [3.8, 4) is 22.7 Å². The van der Waals surface area contributed by atoms with Crippen molar-refractivity contribution < 1.29 is 18.7 Å². The Bertz CT molecular complexity index is 1210. The Morgan fingerprint density at radius 2 is 2.03 bits per heavy atom. The fourth-order valence-corrected chi connectivity index (χ4v) is 3.96. The zero-order valence-corrected chi connectivity index (χ0v) is 17.7. The molecule has 0 bridgehead atoms. The standard InChI is InChI=1S/C21H19N5O4S/c1-3-29-21(28)18-15(16-9-6-10-30-16)12-31-20(18)22-17(27)11-26-24-19(23-25-26)14-8-5-4-7-13(14)2/h4-10,12H,3,11H2,1-2H3,(H,22,27). The van der Waals surface area contributed by atoms with Gasteiger partial charge in [-0.15, -0.1) is 21.5 Å². The maximum Gasteiger partial charge on any atom is 0.341 e. The van der Waals surface area contributed by atoms with Gasteiger partial charge in [-0.3, -0.25) is 4.79 Å². The number of hydrogen-bond donors (Lipinski definition) is 1. The quantitative estimate of drug-likeness (QED) is 0.438. The maximum absolute atomic E-state index is 12.6. The van der Waals surface area contributed by atoms with Gasteiger partial charge in [0, 0.05) is 16.5 Å². The summed E-state index contributed by atoms with van der Waals surface area (Å²) in [5, 5.41) is 17.1. The van der Waals surface area contributed by atoms with Crippen LogP contribution in [0.25, 0.3) is 22.7 Å². The van der Waals surface area contributed by atoms with E-state index in [4.69, 9.17) is 9.15 Å². The van der Waals surface area contributed by atoms with E-state index in [1.165, 1.54) is 22.4 Å². The van der Waals surface area contributed by atoms with Crippen LogP contribution in [0, 0.1) is 6.92 Å². The van der Waals surface area contributed by atoms with Gasteiger partial charge in [-0.05, 0) is 36.8 Å². The van der Waals surface area contributed by atoms with Crippen molar-refractivity contribution in [2.75, 3.05) is 11.9 Å². The number of ether oxygens (including phenoxy) is 1. The van der Waals surface area contributed by atoms with Crippen molar-refractivity contribution >= 4 is 28.2 Å². The Hall–Kier alpha value is -3.79. The molecule has 0 atom stereocenters. The van der Waals surface area contributed by atoms with E-state index < -0.39 is 11.9 Å². The van der Waals surface area contributed by atoms with Crippen molar-refractivity contribution in [1.82, 2.24) is 20.2 Å². The minimum Gasteiger partial charge on any atom is -0.464 e. The number of nitrogens with zero attached hydrogens (tertiary/aromatic N) is 4. The third-order valence-electron chi connectivity index (χ3n) is 4.43. The van der Waals surface area contributed by atoms with Crippen LogP contribution in [0.2, 0.25) is 0 Å². The van der Waals surface area contributed by atoms with Crippen LogP contribution in [0.1, 0.15) is 22.8 Å². The van der Waals surface area contributed by atoms with Gasteiger partial charge in [-0.25, -0.2) is 4.79 Å². The van der Waals surface area contributed by atoms with E-state index in [0.717, 1.165) is 11.1 Å². The van der Waals surface area contributed by atoms with Crippen molar-refractivity contribution in [2.24, 2.45) is 0 Å². The number of hydrogen-bond acceptors (Lipinski definition) is 8. The lowest BCUT2D eigenvalue weighted by Gasteiger charge is -2.07. The number of furan rings is 1. The molecular weight excluding hydrogens is 418 g/mol. The number of carbonyl (C=O) groups is 2. The van der Waals surface area contributed by atoms with Crippen LogP contribution in [-0.2, 0) is 16.1 Å². The van der Waals surface area contributed by atoms with Crippen LogP contribution in [0.5, 0.6) is 0 Å². The first-order valence-electron chi connectivity index (χ1n) is 9.53. The summed E-state index contributed by atoms with van der Waals surface area (Å²) < 4.78 is 10.6. The molecule has 9 nitrogen and oxygen atoms in total. The number of aryl methyl sites for hydroxylation is 1. The molecule has 0 saturated carbocycles. The van der Waals surface area contributed by atoms with Gasteiger partial charge in [0.1, 0.15) is 22.9 Å². The molecule has 3 heterocycles. The van der Waals surface area contributed by atoms with Crippen LogP contribution in [0.4, 0.5) is 5.00 Å². The van der Waals surface area contributed by atoms with Gasteiger partial charge in [0.15, 0.2) is 0 Å². The molecule has 0 aliphatic rings. The Morgan fingerprint density at radius 3 is 2.77 bits per heavy atom. The lowest BCUT2D eigenvalue weighted by Crippen LogP contribution is -2.21. The van der Waals surface area contributed by atoms with Gasteiger partial charge in [0.25, 0.3) is 0 Å². The normalized spacial score (nSPS) is 10.8. The first-order valence-corrected chi connectivity index (χ1v) is 10.4. The zero-order valence-electron chi connectivity index (χ0n) is 16.9. The lowest BCUT2D eigenvalue weighted by molar-refractivity contribution is -0.117. The molecule has 4 rings (SSSR count). The summed E-state index contributed by atoms with van der Waals surface area (Å²) in [6, 6.07) is 11.1. The van der Waals surface area contributed by atoms with Gasteiger partial charge in [-0.2, -0.15) is 4.80 Å². The van der Waals surface area contributed by atoms with Crippen LogP contribution < -0.4 is 5.32 Å². The average molecular weight is 437 g/mol. The molecule has 3 aromatic heterocycles. The lowest BCUT2D eigenvalue weighted by atomic mass is 10.1. The van der Waals surface area contributed by atoms with E-state index in [2.05, 4.69) is 20.7 Å². The fourth-order valence-electron chi connectivity index (χ4n) is 3.01. The number of esters is 1. The SMILES string of the molecule is CCOC(=O)c1c(-c2ccco2)csc1NC(=O)Cn1nnc(-c2ccccc2C)n1. The maximum atomic E-state index is 12.6. The van der Waals surface area contributed by atoms with Gasteiger partial charge in [0.05, 0.1) is 12.9 Å². The number of anilines is 1. The van der Waals surface area contributed by atoms with E-state index in [0.29, 0.717) is 22.1 Å². The van der Waals surface area contributed by atoms with Crippen LogP contribution in [0.15, 0.2) is 52.5 Å². The molecule has 158 valence electrons. The molecule has 0 fully saturated rings. The van der Waals surface area contributed by atoms with Gasteiger partial charge >= 0.3 is 5.97 Å². The summed E-state index contributed by atoms with van der Waals surface area (Å²) in [6.07, 6.45) is 1.52. The third kappa shape index (κ3) is 4.38. The zero-order chi connectivity index (χ0) is 21.8. The number of nitrogens with one attached hydrogen (secondary N) is 1. The second kappa shape index (κ2) is 8.92. The predicted octanol–water partition coefficient (Wildman–Crippen LogP) is 3.79. The van der Waals surface area contributed by atoms with Gasteiger partial charge in [0.2, 0.25) is 11.7 Å². The highest BCUT2D eigenvalue weighted by molar-refractivity contribution is 7.15. The number of tetrazole rings is 1. The van der Waals surface area contributed by atoms with Crippen molar-refractivity contribution in [3.05, 3.63) is 59.2 Å². The van der Waals surface area contributed by atoms with Crippen molar-refractivity contribution in [3.63, 3.8) is 0 Å².